The number of halogens is 1. The Morgan fingerprint density at radius 3 is 2.09 bits per heavy atom. The van der Waals surface area contributed by atoms with E-state index in [1.165, 1.54) is 23.1 Å². The fourth-order valence-electron chi connectivity index (χ4n) is 6.19. The van der Waals surface area contributed by atoms with Crippen molar-refractivity contribution >= 4 is 27.5 Å². The van der Waals surface area contributed by atoms with Crippen molar-refractivity contribution in [1.82, 2.24) is 10.2 Å². The summed E-state index contributed by atoms with van der Waals surface area (Å²) >= 11 is 0. The van der Waals surface area contributed by atoms with Gasteiger partial charge < -0.3 is 10.2 Å². The molecule has 2 amide bonds. The molecule has 9 heteroatoms. The standard InChI is InChI=1S/C38H42FN3O4S/c1-27-17-19-34(20-18-27)47(45,46)42(33-22-28(2)21-29(3)23-33)26-37(43)41(25-31-13-7-10-16-35(31)39)36(24-30-11-5-4-6-12-30)38(44)40-32-14-8-9-15-32/h4-7,10-13,16-23,32,36H,8-9,14-15,24-26H2,1-3H3,(H,40,44). The number of aryl methyl sites for hydroxylation is 3. The van der Waals surface area contributed by atoms with Crippen molar-refractivity contribution in [3.8, 4) is 0 Å². The quantitative estimate of drug-likeness (QED) is 0.185. The van der Waals surface area contributed by atoms with Crippen molar-refractivity contribution < 1.29 is 22.4 Å². The van der Waals surface area contributed by atoms with E-state index in [1.807, 2.05) is 57.2 Å². The predicted octanol–water partition coefficient (Wildman–Crippen LogP) is 6.65. The molecule has 1 atom stereocenters. The summed E-state index contributed by atoms with van der Waals surface area (Å²) in [5, 5.41) is 3.14. The van der Waals surface area contributed by atoms with Gasteiger partial charge in [0.05, 0.1) is 10.6 Å². The lowest BCUT2D eigenvalue weighted by Gasteiger charge is -2.34. The van der Waals surface area contributed by atoms with Crippen LogP contribution >= 0.6 is 0 Å². The summed E-state index contributed by atoms with van der Waals surface area (Å²) in [6.07, 6.45) is 3.89. The summed E-state index contributed by atoms with van der Waals surface area (Å²) < 4.78 is 44.8. The minimum Gasteiger partial charge on any atom is -0.352 e. The number of benzene rings is 4. The Morgan fingerprint density at radius 2 is 1.45 bits per heavy atom. The van der Waals surface area contributed by atoms with Gasteiger partial charge in [0.2, 0.25) is 11.8 Å². The highest BCUT2D eigenvalue weighted by molar-refractivity contribution is 7.92. The van der Waals surface area contributed by atoms with Crippen LogP contribution in [0.15, 0.2) is 102 Å². The number of hydrogen-bond acceptors (Lipinski definition) is 4. The minimum atomic E-state index is -4.23. The number of amides is 2. The molecule has 5 rings (SSSR count). The lowest BCUT2D eigenvalue weighted by Crippen LogP contribution is -2.54. The van der Waals surface area contributed by atoms with Crippen LogP contribution in [0.2, 0.25) is 0 Å². The Balaban J connectivity index is 1.59. The van der Waals surface area contributed by atoms with E-state index in [0.29, 0.717) is 5.69 Å². The molecule has 1 N–H and O–H groups in total. The SMILES string of the molecule is Cc1ccc(S(=O)(=O)N(CC(=O)N(Cc2ccccc2F)C(Cc2ccccc2)C(=O)NC2CCCC2)c2cc(C)cc(C)c2)cc1. The Bertz CT molecular complexity index is 1790. The third kappa shape index (κ3) is 8.46. The molecule has 1 aliphatic rings. The summed E-state index contributed by atoms with van der Waals surface area (Å²) in [5.41, 5.74) is 3.94. The summed E-state index contributed by atoms with van der Waals surface area (Å²) in [4.78, 5) is 30.1. The number of anilines is 1. The highest BCUT2D eigenvalue weighted by atomic mass is 32.2. The molecule has 0 spiro atoms. The van der Waals surface area contributed by atoms with Crippen molar-refractivity contribution in [2.24, 2.45) is 0 Å². The molecule has 1 aliphatic carbocycles. The summed E-state index contributed by atoms with van der Waals surface area (Å²) in [5.74, 6) is -1.48. The molecule has 1 fully saturated rings. The second-order valence-corrected chi connectivity index (χ2v) is 14.3. The van der Waals surface area contributed by atoms with E-state index in [1.54, 1.807) is 42.5 Å². The van der Waals surface area contributed by atoms with Gasteiger partial charge in [0, 0.05) is 24.6 Å². The molecule has 1 unspecified atom stereocenters. The van der Waals surface area contributed by atoms with Crippen LogP contribution in [0.25, 0.3) is 0 Å². The third-order valence-corrected chi connectivity index (χ3v) is 10.4. The highest BCUT2D eigenvalue weighted by Gasteiger charge is 2.36. The molecule has 7 nitrogen and oxygen atoms in total. The van der Waals surface area contributed by atoms with Gasteiger partial charge in [-0.25, -0.2) is 12.8 Å². The van der Waals surface area contributed by atoms with E-state index in [0.717, 1.165) is 52.2 Å². The summed E-state index contributed by atoms with van der Waals surface area (Å²) in [6, 6.07) is 26.3. The van der Waals surface area contributed by atoms with E-state index in [-0.39, 0.29) is 35.4 Å². The van der Waals surface area contributed by atoms with E-state index in [2.05, 4.69) is 5.32 Å². The Morgan fingerprint density at radius 1 is 0.830 bits per heavy atom. The zero-order valence-electron chi connectivity index (χ0n) is 27.2. The first kappa shape index (κ1) is 33.9. The molecule has 1 saturated carbocycles. The molecule has 0 heterocycles. The van der Waals surface area contributed by atoms with Crippen LogP contribution in [0.5, 0.6) is 0 Å². The molecule has 0 radical (unpaired) electrons. The first-order valence-corrected chi connectivity index (χ1v) is 17.5. The largest absolute Gasteiger partial charge is 0.352 e. The van der Waals surface area contributed by atoms with Gasteiger partial charge in [-0.2, -0.15) is 0 Å². The second-order valence-electron chi connectivity index (χ2n) is 12.5. The predicted molar refractivity (Wildman–Crippen MR) is 183 cm³/mol. The van der Waals surface area contributed by atoms with Crippen LogP contribution in [0.4, 0.5) is 10.1 Å². The van der Waals surface area contributed by atoms with Crippen LogP contribution in [0.3, 0.4) is 0 Å². The topological polar surface area (TPSA) is 86.8 Å². The lowest BCUT2D eigenvalue weighted by atomic mass is 10.0. The fourth-order valence-corrected chi connectivity index (χ4v) is 7.59. The summed E-state index contributed by atoms with van der Waals surface area (Å²) in [6.45, 7) is 4.79. The summed E-state index contributed by atoms with van der Waals surface area (Å²) in [7, 11) is -4.23. The maximum atomic E-state index is 15.1. The van der Waals surface area contributed by atoms with E-state index in [9.17, 15) is 18.0 Å². The average molecular weight is 656 g/mol. The molecule has 246 valence electrons. The van der Waals surface area contributed by atoms with Crippen molar-refractivity contribution in [1.29, 1.82) is 0 Å². The van der Waals surface area contributed by atoms with Gasteiger partial charge in [0.25, 0.3) is 10.0 Å². The average Bonchev–Trinajstić information content (AvgIpc) is 3.55. The molecule has 47 heavy (non-hydrogen) atoms. The Kier molecular flexibility index (Phi) is 10.8. The van der Waals surface area contributed by atoms with Crippen molar-refractivity contribution in [3.05, 3.63) is 131 Å². The highest BCUT2D eigenvalue weighted by Crippen LogP contribution is 2.28. The van der Waals surface area contributed by atoms with Crippen molar-refractivity contribution in [2.75, 3.05) is 10.8 Å². The van der Waals surface area contributed by atoms with E-state index < -0.39 is 34.3 Å². The number of sulfonamides is 1. The second kappa shape index (κ2) is 14.9. The number of nitrogens with zero attached hydrogens (tertiary/aromatic N) is 2. The van der Waals surface area contributed by atoms with Crippen LogP contribution < -0.4 is 9.62 Å². The van der Waals surface area contributed by atoms with Crippen LogP contribution in [0.1, 0.15) is 53.5 Å². The number of carbonyl (C=O) groups is 2. The van der Waals surface area contributed by atoms with Gasteiger partial charge in [-0.1, -0.05) is 85.1 Å². The molecule has 0 aliphatic heterocycles. The zero-order valence-corrected chi connectivity index (χ0v) is 28.0. The monoisotopic (exact) mass is 655 g/mol. The molecule has 4 aromatic rings. The maximum absolute atomic E-state index is 15.1. The Hall–Kier alpha value is -4.50. The van der Waals surface area contributed by atoms with Crippen LogP contribution in [-0.2, 0) is 32.6 Å². The first-order valence-electron chi connectivity index (χ1n) is 16.1. The number of nitrogens with one attached hydrogen (secondary N) is 1. The smallest absolute Gasteiger partial charge is 0.264 e. The molecule has 0 saturated heterocycles. The fraction of sp³-hybridized carbons (Fsp3) is 0.316. The normalized spacial score (nSPS) is 14.0. The van der Waals surface area contributed by atoms with Crippen LogP contribution in [0, 0.1) is 26.6 Å². The zero-order chi connectivity index (χ0) is 33.6. The molecular weight excluding hydrogens is 614 g/mol. The molecule has 0 bridgehead atoms. The number of carbonyl (C=O) groups excluding carboxylic acids is 2. The van der Waals surface area contributed by atoms with Gasteiger partial charge in [-0.3, -0.25) is 13.9 Å². The minimum absolute atomic E-state index is 0.0140. The van der Waals surface area contributed by atoms with Crippen LogP contribution in [-0.4, -0.2) is 43.8 Å². The van der Waals surface area contributed by atoms with E-state index >= 15 is 4.39 Å². The lowest BCUT2D eigenvalue weighted by molar-refractivity contribution is -0.140. The van der Waals surface area contributed by atoms with Crippen molar-refractivity contribution in [3.63, 3.8) is 0 Å². The van der Waals surface area contributed by atoms with E-state index in [4.69, 9.17) is 0 Å². The maximum Gasteiger partial charge on any atom is 0.264 e. The molecular formula is C38H42FN3O4S. The molecule has 0 aromatic heterocycles. The van der Waals surface area contributed by atoms with Gasteiger partial charge in [0.1, 0.15) is 18.4 Å². The van der Waals surface area contributed by atoms with Gasteiger partial charge >= 0.3 is 0 Å². The first-order chi connectivity index (χ1) is 22.5. The van der Waals surface area contributed by atoms with Gasteiger partial charge in [0.15, 0.2) is 0 Å². The third-order valence-electron chi connectivity index (χ3n) is 8.65. The molecule has 4 aromatic carbocycles. The van der Waals surface area contributed by atoms with Crippen molar-refractivity contribution in [2.45, 2.75) is 76.4 Å². The number of hydrogen-bond donors (Lipinski definition) is 1. The van der Waals surface area contributed by atoms with Gasteiger partial charge in [-0.15, -0.1) is 0 Å². The number of rotatable bonds is 12. The van der Waals surface area contributed by atoms with Gasteiger partial charge in [-0.05, 0) is 80.6 Å². The Labute approximate surface area is 277 Å².